The molecule has 1 aromatic heterocycles. The minimum atomic E-state index is -0.210. The van der Waals surface area contributed by atoms with E-state index in [1.54, 1.807) is 14.2 Å². The molecule has 0 aliphatic heterocycles. The van der Waals surface area contributed by atoms with Crippen molar-refractivity contribution >= 4 is 5.91 Å². The van der Waals surface area contributed by atoms with Gasteiger partial charge in [0.1, 0.15) is 12.9 Å². The molecule has 6 nitrogen and oxygen atoms in total. The van der Waals surface area contributed by atoms with Crippen molar-refractivity contribution in [2.45, 2.75) is 32.3 Å². The van der Waals surface area contributed by atoms with Gasteiger partial charge in [0.2, 0.25) is 5.89 Å². The molecule has 1 aliphatic carbocycles. The average molecular weight is 282 g/mol. The molecule has 1 amide bonds. The van der Waals surface area contributed by atoms with Gasteiger partial charge in [0.05, 0.1) is 6.61 Å². The lowest BCUT2D eigenvalue weighted by molar-refractivity contribution is 0.0738. The van der Waals surface area contributed by atoms with Crippen molar-refractivity contribution in [1.82, 2.24) is 10.3 Å². The average Bonchev–Trinajstić information content (AvgIpc) is 3.07. The fourth-order valence-corrected chi connectivity index (χ4v) is 2.77. The van der Waals surface area contributed by atoms with Crippen LogP contribution in [-0.4, -0.2) is 38.3 Å². The molecule has 0 saturated heterocycles. The van der Waals surface area contributed by atoms with Crippen LogP contribution in [0, 0.1) is 5.41 Å². The summed E-state index contributed by atoms with van der Waals surface area (Å²) >= 11 is 0. The fourth-order valence-electron chi connectivity index (χ4n) is 2.77. The Morgan fingerprint density at radius 2 is 2.15 bits per heavy atom. The molecule has 1 aromatic rings. The van der Waals surface area contributed by atoms with E-state index in [0.717, 1.165) is 12.8 Å². The third kappa shape index (κ3) is 3.58. The summed E-state index contributed by atoms with van der Waals surface area (Å²) in [6.07, 6.45) is 5.94. The fraction of sp³-hybridized carbons (Fsp3) is 0.714. The Balaban J connectivity index is 1.90. The molecular formula is C14H22N2O4. The van der Waals surface area contributed by atoms with Gasteiger partial charge >= 0.3 is 0 Å². The number of nitrogens with zero attached hydrogens (tertiary/aromatic N) is 1. The van der Waals surface area contributed by atoms with E-state index in [4.69, 9.17) is 13.9 Å². The first-order chi connectivity index (χ1) is 9.69. The summed E-state index contributed by atoms with van der Waals surface area (Å²) in [5, 5.41) is 2.94. The molecule has 1 aliphatic rings. The van der Waals surface area contributed by atoms with Crippen LogP contribution >= 0.6 is 0 Å². The molecule has 0 bridgehead atoms. The van der Waals surface area contributed by atoms with Crippen molar-refractivity contribution < 1.29 is 18.7 Å². The number of amides is 1. The molecule has 1 fully saturated rings. The lowest BCUT2D eigenvalue weighted by Gasteiger charge is -2.28. The quantitative estimate of drug-likeness (QED) is 0.825. The molecule has 1 saturated carbocycles. The van der Waals surface area contributed by atoms with Crippen LogP contribution < -0.4 is 5.32 Å². The number of ether oxygens (including phenoxy) is 2. The Kier molecular flexibility index (Phi) is 5.14. The number of methoxy groups -OCH3 is 2. The third-order valence-corrected chi connectivity index (χ3v) is 3.79. The normalized spacial score (nSPS) is 17.3. The Labute approximate surface area is 118 Å². The van der Waals surface area contributed by atoms with Gasteiger partial charge in [-0.1, -0.05) is 12.8 Å². The molecule has 1 heterocycles. The van der Waals surface area contributed by atoms with Crippen LogP contribution in [0.3, 0.4) is 0 Å². The zero-order chi connectivity index (χ0) is 14.4. The molecule has 6 heteroatoms. The van der Waals surface area contributed by atoms with E-state index in [-0.39, 0.29) is 17.9 Å². The largest absolute Gasteiger partial charge is 0.446 e. The van der Waals surface area contributed by atoms with Crippen LogP contribution in [0.15, 0.2) is 10.7 Å². The van der Waals surface area contributed by atoms with Crippen molar-refractivity contribution in [2.75, 3.05) is 27.4 Å². The summed E-state index contributed by atoms with van der Waals surface area (Å²) in [5.41, 5.74) is 0.367. The second-order valence-electron chi connectivity index (χ2n) is 5.38. The third-order valence-electron chi connectivity index (χ3n) is 3.79. The van der Waals surface area contributed by atoms with Crippen LogP contribution in [0.5, 0.6) is 0 Å². The molecular weight excluding hydrogens is 260 g/mol. The van der Waals surface area contributed by atoms with Gasteiger partial charge in [0, 0.05) is 26.2 Å². The van der Waals surface area contributed by atoms with Crippen molar-refractivity contribution in [3.8, 4) is 0 Å². The summed E-state index contributed by atoms with van der Waals surface area (Å²) in [6, 6.07) is 0. The zero-order valence-electron chi connectivity index (χ0n) is 12.1. The topological polar surface area (TPSA) is 73.6 Å². The first kappa shape index (κ1) is 15.0. The van der Waals surface area contributed by atoms with E-state index in [0.29, 0.717) is 24.7 Å². The maximum absolute atomic E-state index is 12.1. The van der Waals surface area contributed by atoms with E-state index >= 15 is 0 Å². The number of hydrogen-bond donors (Lipinski definition) is 1. The number of carbonyl (C=O) groups excluding carboxylic acids is 1. The standard InChI is InChI=1S/C14H22N2O4/c1-18-8-12-16-11(7-20-12)13(17)15-9-14(10-19-2)5-3-4-6-14/h7H,3-6,8-10H2,1-2H3,(H,15,17). The number of hydrogen-bond acceptors (Lipinski definition) is 5. The molecule has 0 aromatic carbocycles. The summed E-state index contributed by atoms with van der Waals surface area (Å²) in [5.74, 6) is 0.198. The molecule has 0 atom stereocenters. The van der Waals surface area contributed by atoms with Crippen LogP contribution in [-0.2, 0) is 16.1 Å². The van der Waals surface area contributed by atoms with Crippen LogP contribution in [0.1, 0.15) is 42.1 Å². The number of oxazole rings is 1. The zero-order valence-corrected chi connectivity index (χ0v) is 12.1. The second kappa shape index (κ2) is 6.85. The lowest BCUT2D eigenvalue weighted by atomic mass is 9.87. The number of nitrogens with one attached hydrogen (secondary N) is 1. The van der Waals surface area contributed by atoms with Gasteiger partial charge in [-0.3, -0.25) is 4.79 Å². The van der Waals surface area contributed by atoms with Crippen LogP contribution in [0.2, 0.25) is 0 Å². The summed E-state index contributed by atoms with van der Waals surface area (Å²) in [6.45, 7) is 1.56. The van der Waals surface area contributed by atoms with E-state index in [9.17, 15) is 4.79 Å². The van der Waals surface area contributed by atoms with Gasteiger partial charge in [0.25, 0.3) is 5.91 Å². The Bertz CT molecular complexity index is 438. The van der Waals surface area contributed by atoms with Crippen LogP contribution in [0.25, 0.3) is 0 Å². The first-order valence-corrected chi connectivity index (χ1v) is 6.90. The van der Waals surface area contributed by atoms with E-state index in [2.05, 4.69) is 10.3 Å². The Morgan fingerprint density at radius 1 is 1.40 bits per heavy atom. The monoisotopic (exact) mass is 282 g/mol. The molecule has 2 rings (SSSR count). The Morgan fingerprint density at radius 3 is 2.80 bits per heavy atom. The molecule has 0 radical (unpaired) electrons. The van der Waals surface area contributed by atoms with Gasteiger partial charge in [-0.05, 0) is 12.8 Å². The molecule has 112 valence electrons. The highest BCUT2D eigenvalue weighted by molar-refractivity contribution is 5.91. The molecule has 1 N–H and O–H groups in total. The van der Waals surface area contributed by atoms with Crippen molar-refractivity contribution in [2.24, 2.45) is 5.41 Å². The van der Waals surface area contributed by atoms with Gasteiger partial charge in [-0.2, -0.15) is 0 Å². The highest BCUT2D eigenvalue weighted by Crippen LogP contribution is 2.37. The van der Waals surface area contributed by atoms with Gasteiger partial charge in [-0.25, -0.2) is 4.98 Å². The highest BCUT2D eigenvalue weighted by Gasteiger charge is 2.34. The van der Waals surface area contributed by atoms with Crippen molar-refractivity contribution in [1.29, 1.82) is 0 Å². The molecule has 0 unspecified atom stereocenters. The summed E-state index contributed by atoms with van der Waals surface area (Å²) in [4.78, 5) is 16.1. The van der Waals surface area contributed by atoms with E-state index < -0.39 is 0 Å². The molecule has 0 spiro atoms. The number of rotatable bonds is 7. The van der Waals surface area contributed by atoms with Crippen molar-refractivity contribution in [3.05, 3.63) is 17.8 Å². The molecule has 20 heavy (non-hydrogen) atoms. The number of carbonyl (C=O) groups is 1. The smallest absolute Gasteiger partial charge is 0.273 e. The van der Waals surface area contributed by atoms with Gasteiger partial charge in [0.15, 0.2) is 5.69 Å². The van der Waals surface area contributed by atoms with E-state index in [1.807, 2.05) is 0 Å². The number of aromatic nitrogens is 1. The van der Waals surface area contributed by atoms with Gasteiger partial charge in [-0.15, -0.1) is 0 Å². The summed E-state index contributed by atoms with van der Waals surface area (Å²) in [7, 11) is 3.26. The van der Waals surface area contributed by atoms with Crippen LogP contribution in [0.4, 0.5) is 0 Å². The maximum Gasteiger partial charge on any atom is 0.273 e. The van der Waals surface area contributed by atoms with Gasteiger partial charge < -0.3 is 19.2 Å². The highest BCUT2D eigenvalue weighted by atomic mass is 16.5. The Hall–Kier alpha value is -1.40. The predicted molar refractivity (Wildman–Crippen MR) is 72.3 cm³/mol. The minimum Gasteiger partial charge on any atom is -0.446 e. The lowest BCUT2D eigenvalue weighted by Crippen LogP contribution is -2.38. The predicted octanol–water partition coefficient (Wildman–Crippen LogP) is 1.76. The SMILES string of the molecule is COCc1nc(C(=O)NCC2(COC)CCCC2)co1. The second-order valence-corrected chi connectivity index (χ2v) is 5.38. The van der Waals surface area contributed by atoms with E-state index in [1.165, 1.54) is 19.1 Å². The summed E-state index contributed by atoms with van der Waals surface area (Å²) < 4.78 is 15.4. The minimum absolute atomic E-state index is 0.0729. The van der Waals surface area contributed by atoms with Crippen molar-refractivity contribution in [3.63, 3.8) is 0 Å². The maximum atomic E-state index is 12.1. The first-order valence-electron chi connectivity index (χ1n) is 6.90.